The number of nitrogens with zero attached hydrogens (tertiary/aromatic N) is 2. The van der Waals surface area contributed by atoms with Crippen molar-refractivity contribution in [3.05, 3.63) is 28.7 Å². The van der Waals surface area contributed by atoms with Gasteiger partial charge >= 0.3 is 0 Å². The molecule has 1 amide bonds. The fraction of sp³-hybridized carbons (Fsp3) is 0.600. The lowest BCUT2D eigenvalue weighted by Crippen LogP contribution is -2.33. The Labute approximate surface area is 125 Å². The van der Waals surface area contributed by atoms with Gasteiger partial charge in [0.05, 0.1) is 0 Å². The number of ether oxygens (including phenoxy) is 1. The molecule has 0 bridgehead atoms. The number of carbonyl (C=O) groups excluding carboxylic acids is 1. The summed E-state index contributed by atoms with van der Waals surface area (Å²) in [4.78, 5) is 25.6. The molecule has 0 aliphatic rings. The first-order valence-corrected chi connectivity index (χ1v) is 7.36. The number of nitrogens with two attached hydrogens (primary N) is 1. The molecule has 0 atom stereocenters. The van der Waals surface area contributed by atoms with E-state index in [1.165, 1.54) is 0 Å². The van der Waals surface area contributed by atoms with Crippen LogP contribution < -0.4 is 16.0 Å². The fourth-order valence-electron chi connectivity index (χ4n) is 1.83. The molecular formula is C15H25N3O3. The third-order valence-corrected chi connectivity index (χ3v) is 3.21. The van der Waals surface area contributed by atoms with Crippen molar-refractivity contribution in [1.82, 2.24) is 9.47 Å². The molecule has 6 heteroatoms. The number of hydrogen-bond donors (Lipinski definition) is 1. The molecule has 0 saturated carbocycles. The van der Waals surface area contributed by atoms with Crippen LogP contribution in [0, 0.1) is 0 Å². The van der Waals surface area contributed by atoms with Crippen LogP contribution in [-0.4, -0.2) is 42.1 Å². The molecule has 0 radical (unpaired) electrons. The second-order valence-electron chi connectivity index (χ2n) is 4.97. The minimum absolute atomic E-state index is 0.115. The van der Waals surface area contributed by atoms with Crippen LogP contribution in [0.15, 0.2) is 23.1 Å². The van der Waals surface area contributed by atoms with Crippen LogP contribution in [0.3, 0.4) is 0 Å². The highest BCUT2D eigenvalue weighted by Crippen LogP contribution is 2.03. The van der Waals surface area contributed by atoms with E-state index < -0.39 is 0 Å². The van der Waals surface area contributed by atoms with Gasteiger partial charge in [-0.05, 0) is 31.5 Å². The molecule has 0 fully saturated rings. The summed E-state index contributed by atoms with van der Waals surface area (Å²) >= 11 is 0. The van der Waals surface area contributed by atoms with Gasteiger partial charge < -0.3 is 19.9 Å². The zero-order valence-electron chi connectivity index (χ0n) is 12.9. The number of carbonyl (C=O) groups is 1. The number of unbranched alkanes of at least 4 members (excludes halogenated alkanes) is 1. The van der Waals surface area contributed by atoms with Gasteiger partial charge in [0.1, 0.15) is 0 Å². The Hall–Kier alpha value is -1.82. The zero-order valence-corrected chi connectivity index (χ0v) is 12.9. The summed E-state index contributed by atoms with van der Waals surface area (Å²) < 4.78 is 6.91. The monoisotopic (exact) mass is 295 g/mol. The van der Waals surface area contributed by atoms with Gasteiger partial charge in [-0.15, -0.1) is 0 Å². The number of hydrogen-bond acceptors (Lipinski definition) is 4. The van der Waals surface area contributed by atoms with Gasteiger partial charge in [0.15, 0.2) is 12.4 Å². The van der Waals surface area contributed by atoms with E-state index in [2.05, 4.69) is 6.92 Å². The van der Waals surface area contributed by atoms with Crippen LogP contribution in [0.25, 0.3) is 0 Å². The van der Waals surface area contributed by atoms with Crippen LogP contribution in [0.4, 0.5) is 0 Å². The molecule has 2 N–H and O–H groups in total. The third-order valence-electron chi connectivity index (χ3n) is 3.21. The Bertz CT molecular complexity index is 499. The van der Waals surface area contributed by atoms with E-state index in [9.17, 15) is 9.59 Å². The smallest absolute Gasteiger partial charge is 0.292 e. The van der Waals surface area contributed by atoms with Crippen molar-refractivity contribution in [3.8, 4) is 5.75 Å². The first kappa shape index (κ1) is 17.2. The minimum Gasteiger partial charge on any atom is -0.478 e. The Balaban J connectivity index is 2.59. The lowest BCUT2D eigenvalue weighted by Gasteiger charge is -2.17. The highest BCUT2D eigenvalue weighted by atomic mass is 16.5. The summed E-state index contributed by atoms with van der Waals surface area (Å²) in [6.45, 7) is 3.74. The molecule has 0 unspecified atom stereocenters. The second kappa shape index (κ2) is 9.18. The first-order chi connectivity index (χ1) is 10.1. The van der Waals surface area contributed by atoms with Gasteiger partial charge in [0, 0.05) is 26.3 Å². The van der Waals surface area contributed by atoms with E-state index in [-0.39, 0.29) is 23.8 Å². The van der Waals surface area contributed by atoms with E-state index in [1.807, 2.05) is 0 Å². The molecule has 0 aromatic carbocycles. The van der Waals surface area contributed by atoms with Crippen molar-refractivity contribution in [3.63, 3.8) is 0 Å². The van der Waals surface area contributed by atoms with Gasteiger partial charge in [0.25, 0.3) is 11.5 Å². The quantitative estimate of drug-likeness (QED) is 0.732. The minimum atomic E-state index is -0.227. The van der Waals surface area contributed by atoms with Crippen molar-refractivity contribution in [2.24, 2.45) is 5.73 Å². The molecule has 6 nitrogen and oxygen atoms in total. The van der Waals surface area contributed by atoms with Crippen molar-refractivity contribution in [2.75, 3.05) is 26.7 Å². The second-order valence-corrected chi connectivity index (χ2v) is 4.97. The van der Waals surface area contributed by atoms with Crippen molar-refractivity contribution in [2.45, 2.75) is 32.7 Å². The molecule has 0 aliphatic heterocycles. The molecular weight excluding hydrogens is 270 g/mol. The average molecular weight is 295 g/mol. The summed E-state index contributed by atoms with van der Waals surface area (Å²) in [5.74, 6) is 0.0759. The van der Waals surface area contributed by atoms with Crippen LogP contribution in [-0.2, 0) is 11.3 Å². The normalized spacial score (nSPS) is 10.4. The van der Waals surface area contributed by atoms with E-state index in [1.54, 1.807) is 34.8 Å². The summed E-state index contributed by atoms with van der Waals surface area (Å²) in [6.07, 6.45) is 4.41. The van der Waals surface area contributed by atoms with Gasteiger partial charge in [-0.3, -0.25) is 9.59 Å². The lowest BCUT2D eigenvalue weighted by atomic mass is 10.3. The van der Waals surface area contributed by atoms with Crippen molar-refractivity contribution >= 4 is 5.91 Å². The van der Waals surface area contributed by atoms with Crippen molar-refractivity contribution in [1.29, 1.82) is 0 Å². The van der Waals surface area contributed by atoms with Crippen LogP contribution in [0.2, 0.25) is 0 Å². The Morgan fingerprint density at radius 2 is 2.19 bits per heavy atom. The summed E-state index contributed by atoms with van der Waals surface area (Å²) in [5, 5.41) is 0. The number of amides is 1. The highest BCUT2D eigenvalue weighted by molar-refractivity contribution is 5.77. The third kappa shape index (κ3) is 5.59. The highest BCUT2D eigenvalue weighted by Gasteiger charge is 2.11. The summed E-state index contributed by atoms with van der Waals surface area (Å²) in [5.41, 5.74) is 5.21. The molecule has 1 heterocycles. The number of aryl methyl sites for hydroxylation is 1. The molecule has 1 aromatic heterocycles. The zero-order chi connectivity index (χ0) is 15.7. The van der Waals surface area contributed by atoms with E-state index in [0.29, 0.717) is 19.6 Å². The van der Waals surface area contributed by atoms with Crippen LogP contribution in [0.1, 0.15) is 26.2 Å². The molecule has 0 aliphatic carbocycles. The molecule has 21 heavy (non-hydrogen) atoms. The van der Waals surface area contributed by atoms with Crippen molar-refractivity contribution < 1.29 is 9.53 Å². The Morgan fingerprint density at radius 1 is 1.43 bits per heavy atom. The average Bonchev–Trinajstić information content (AvgIpc) is 2.50. The van der Waals surface area contributed by atoms with Crippen LogP contribution >= 0.6 is 0 Å². The standard InChI is InChI=1S/C15H25N3O3/c1-3-4-9-17(2)14(19)12-21-13-7-5-10-18(15(13)20)11-6-8-16/h5,7,10H,3-4,6,8-9,11-12,16H2,1-2H3. The molecule has 0 saturated heterocycles. The van der Waals surface area contributed by atoms with E-state index >= 15 is 0 Å². The maximum absolute atomic E-state index is 12.1. The maximum atomic E-state index is 12.1. The maximum Gasteiger partial charge on any atom is 0.292 e. The van der Waals surface area contributed by atoms with Gasteiger partial charge in [0.2, 0.25) is 0 Å². The van der Waals surface area contributed by atoms with E-state index in [0.717, 1.165) is 19.3 Å². The number of pyridine rings is 1. The summed E-state index contributed by atoms with van der Waals surface area (Å²) in [6, 6.07) is 3.32. The topological polar surface area (TPSA) is 77.6 Å². The molecule has 0 spiro atoms. The van der Waals surface area contributed by atoms with Gasteiger partial charge in [-0.2, -0.15) is 0 Å². The molecule has 118 valence electrons. The SMILES string of the molecule is CCCCN(C)C(=O)COc1cccn(CCCN)c1=O. The summed E-state index contributed by atoms with van der Waals surface area (Å²) in [7, 11) is 1.74. The predicted molar refractivity (Wildman–Crippen MR) is 82.4 cm³/mol. The number of likely N-dealkylation sites (N-methyl/N-ethyl adjacent to an activating group) is 1. The predicted octanol–water partition coefficient (Wildman–Crippen LogP) is 0.834. The Kier molecular flexibility index (Phi) is 7.53. The van der Waals surface area contributed by atoms with Gasteiger partial charge in [-0.25, -0.2) is 0 Å². The molecule has 1 rings (SSSR count). The fourth-order valence-corrected chi connectivity index (χ4v) is 1.83. The van der Waals surface area contributed by atoms with Gasteiger partial charge in [-0.1, -0.05) is 13.3 Å². The number of aromatic nitrogens is 1. The first-order valence-electron chi connectivity index (χ1n) is 7.36. The molecule has 1 aromatic rings. The largest absolute Gasteiger partial charge is 0.478 e. The lowest BCUT2D eigenvalue weighted by molar-refractivity contribution is -0.132. The number of rotatable bonds is 9. The van der Waals surface area contributed by atoms with E-state index in [4.69, 9.17) is 10.5 Å². The Morgan fingerprint density at radius 3 is 2.86 bits per heavy atom. The van der Waals surface area contributed by atoms with Crippen LogP contribution in [0.5, 0.6) is 5.75 Å².